The van der Waals surface area contributed by atoms with E-state index in [-0.39, 0.29) is 5.91 Å². The third-order valence-electron chi connectivity index (χ3n) is 3.61. The van der Waals surface area contributed by atoms with E-state index < -0.39 is 0 Å². The third-order valence-corrected chi connectivity index (χ3v) is 3.89. The van der Waals surface area contributed by atoms with E-state index in [2.05, 4.69) is 20.4 Å². The number of anilines is 1. The number of rotatable bonds is 4. The van der Waals surface area contributed by atoms with Crippen molar-refractivity contribution >= 4 is 23.3 Å². The molecular formula is C14H17ClN6O2. The Morgan fingerprint density at radius 3 is 2.83 bits per heavy atom. The van der Waals surface area contributed by atoms with Crippen LogP contribution in [0.3, 0.4) is 0 Å². The monoisotopic (exact) mass is 336 g/mol. The Morgan fingerprint density at radius 1 is 1.39 bits per heavy atom. The van der Waals surface area contributed by atoms with Crippen LogP contribution in [-0.2, 0) is 18.3 Å². The lowest BCUT2D eigenvalue weighted by molar-refractivity contribution is 0.0302. The van der Waals surface area contributed by atoms with Crippen LogP contribution in [0.25, 0.3) is 0 Å². The maximum atomic E-state index is 12.4. The number of morpholine rings is 1. The summed E-state index contributed by atoms with van der Waals surface area (Å²) in [5, 5.41) is 7.48. The number of amides is 1. The minimum absolute atomic E-state index is 0.0810. The molecule has 2 aromatic rings. The van der Waals surface area contributed by atoms with Crippen LogP contribution in [0.5, 0.6) is 0 Å². The first-order valence-corrected chi connectivity index (χ1v) is 7.62. The largest absolute Gasteiger partial charge is 0.378 e. The first-order chi connectivity index (χ1) is 11.1. The standard InChI is InChI=1S/C14H17ClN6O2/c1-20-12(18-9-19-20)8-17-13-11(15)6-10(7-16-13)14(22)21-2-4-23-5-3-21/h6-7,9H,2-5,8H2,1H3,(H,16,17). The van der Waals surface area contributed by atoms with E-state index in [1.807, 2.05) is 7.05 Å². The maximum Gasteiger partial charge on any atom is 0.255 e. The number of aryl methyl sites for hydroxylation is 1. The van der Waals surface area contributed by atoms with Gasteiger partial charge in [-0.1, -0.05) is 11.6 Å². The second kappa shape index (κ2) is 6.93. The van der Waals surface area contributed by atoms with Crippen molar-refractivity contribution in [1.82, 2.24) is 24.6 Å². The van der Waals surface area contributed by atoms with E-state index in [0.29, 0.717) is 49.3 Å². The summed E-state index contributed by atoms with van der Waals surface area (Å²) in [6.45, 7) is 2.74. The molecule has 2 aromatic heterocycles. The zero-order valence-electron chi connectivity index (χ0n) is 12.7. The molecule has 0 atom stereocenters. The highest BCUT2D eigenvalue weighted by Crippen LogP contribution is 2.21. The normalized spacial score (nSPS) is 14.8. The van der Waals surface area contributed by atoms with E-state index in [1.54, 1.807) is 15.6 Å². The number of ether oxygens (including phenoxy) is 1. The van der Waals surface area contributed by atoms with Gasteiger partial charge in [0, 0.05) is 26.3 Å². The van der Waals surface area contributed by atoms with Crippen molar-refractivity contribution in [2.24, 2.45) is 7.05 Å². The molecule has 1 saturated heterocycles. The summed E-state index contributed by atoms with van der Waals surface area (Å²) in [7, 11) is 1.81. The Morgan fingerprint density at radius 2 is 2.17 bits per heavy atom. The van der Waals surface area contributed by atoms with Crippen molar-refractivity contribution in [2.45, 2.75) is 6.54 Å². The Balaban J connectivity index is 1.67. The summed E-state index contributed by atoms with van der Waals surface area (Å²) in [5.41, 5.74) is 0.473. The number of aromatic nitrogens is 4. The highest BCUT2D eigenvalue weighted by molar-refractivity contribution is 6.33. The van der Waals surface area contributed by atoms with Gasteiger partial charge in [0.2, 0.25) is 0 Å². The minimum atomic E-state index is -0.0810. The zero-order valence-corrected chi connectivity index (χ0v) is 13.5. The molecule has 0 aromatic carbocycles. The molecule has 1 fully saturated rings. The van der Waals surface area contributed by atoms with E-state index in [0.717, 1.165) is 5.82 Å². The van der Waals surface area contributed by atoms with Crippen LogP contribution in [0.4, 0.5) is 5.82 Å². The van der Waals surface area contributed by atoms with Crippen LogP contribution in [0.15, 0.2) is 18.6 Å². The molecule has 122 valence electrons. The Kier molecular flexibility index (Phi) is 4.73. The molecule has 8 nitrogen and oxygen atoms in total. The predicted octanol–water partition coefficient (Wildman–Crippen LogP) is 0.948. The fraction of sp³-hybridized carbons (Fsp3) is 0.429. The van der Waals surface area contributed by atoms with Gasteiger partial charge in [0.05, 0.1) is 30.3 Å². The van der Waals surface area contributed by atoms with Crippen molar-refractivity contribution in [3.05, 3.63) is 35.0 Å². The summed E-state index contributed by atoms with van der Waals surface area (Å²) < 4.78 is 6.91. The molecule has 3 heterocycles. The number of hydrogen-bond donors (Lipinski definition) is 1. The van der Waals surface area contributed by atoms with Crippen LogP contribution >= 0.6 is 11.6 Å². The number of hydrogen-bond acceptors (Lipinski definition) is 6. The lowest BCUT2D eigenvalue weighted by Gasteiger charge is -2.26. The number of halogens is 1. The number of nitrogens with zero attached hydrogens (tertiary/aromatic N) is 5. The maximum absolute atomic E-state index is 12.4. The molecular weight excluding hydrogens is 320 g/mol. The lowest BCUT2D eigenvalue weighted by Crippen LogP contribution is -2.40. The van der Waals surface area contributed by atoms with E-state index in [9.17, 15) is 4.79 Å². The summed E-state index contributed by atoms with van der Waals surface area (Å²) in [6, 6.07) is 1.63. The number of pyridine rings is 1. The molecule has 1 aliphatic rings. The highest BCUT2D eigenvalue weighted by atomic mass is 35.5. The topological polar surface area (TPSA) is 85.2 Å². The van der Waals surface area contributed by atoms with E-state index in [1.165, 1.54) is 12.5 Å². The molecule has 0 saturated carbocycles. The van der Waals surface area contributed by atoms with Crippen molar-refractivity contribution in [1.29, 1.82) is 0 Å². The predicted molar refractivity (Wildman–Crippen MR) is 84.3 cm³/mol. The van der Waals surface area contributed by atoms with Crippen molar-refractivity contribution < 1.29 is 9.53 Å². The van der Waals surface area contributed by atoms with Gasteiger partial charge in [-0.2, -0.15) is 5.10 Å². The van der Waals surface area contributed by atoms with Gasteiger partial charge < -0.3 is 15.0 Å². The quantitative estimate of drug-likeness (QED) is 0.894. The van der Waals surface area contributed by atoms with Crippen molar-refractivity contribution in [2.75, 3.05) is 31.6 Å². The van der Waals surface area contributed by atoms with Crippen LogP contribution in [-0.4, -0.2) is 56.9 Å². The number of nitrogens with one attached hydrogen (secondary N) is 1. The van der Waals surface area contributed by atoms with Gasteiger partial charge in [-0.15, -0.1) is 0 Å². The van der Waals surface area contributed by atoms with Gasteiger partial charge in [-0.05, 0) is 6.07 Å². The summed E-state index contributed by atoms with van der Waals surface area (Å²) in [4.78, 5) is 22.5. The SMILES string of the molecule is Cn1ncnc1CNc1ncc(C(=O)N2CCOCC2)cc1Cl. The second-order valence-electron chi connectivity index (χ2n) is 5.11. The second-order valence-corrected chi connectivity index (χ2v) is 5.52. The average molecular weight is 337 g/mol. The third kappa shape index (κ3) is 3.59. The summed E-state index contributed by atoms with van der Waals surface area (Å²) >= 11 is 6.23. The van der Waals surface area contributed by atoms with Crippen LogP contribution < -0.4 is 5.32 Å². The van der Waals surface area contributed by atoms with Crippen LogP contribution in [0, 0.1) is 0 Å². The first kappa shape index (κ1) is 15.7. The van der Waals surface area contributed by atoms with Gasteiger partial charge in [-0.3, -0.25) is 9.48 Å². The molecule has 0 spiro atoms. The van der Waals surface area contributed by atoms with Crippen molar-refractivity contribution in [3.63, 3.8) is 0 Å². The minimum Gasteiger partial charge on any atom is -0.378 e. The van der Waals surface area contributed by atoms with Crippen LogP contribution in [0.1, 0.15) is 16.2 Å². The molecule has 9 heteroatoms. The number of carbonyl (C=O) groups excluding carboxylic acids is 1. The molecule has 23 heavy (non-hydrogen) atoms. The fourth-order valence-corrected chi connectivity index (χ4v) is 2.51. The molecule has 0 unspecified atom stereocenters. The first-order valence-electron chi connectivity index (χ1n) is 7.24. The molecule has 1 aliphatic heterocycles. The Labute approximate surface area is 138 Å². The van der Waals surface area contributed by atoms with Gasteiger partial charge in [-0.25, -0.2) is 9.97 Å². The van der Waals surface area contributed by atoms with E-state index in [4.69, 9.17) is 16.3 Å². The Hall–Kier alpha value is -2.19. The lowest BCUT2D eigenvalue weighted by atomic mass is 10.2. The van der Waals surface area contributed by atoms with Gasteiger partial charge in [0.1, 0.15) is 18.0 Å². The zero-order chi connectivity index (χ0) is 16.2. The fourth-order valence-electron chi connectivity index (χ4n) is 2.28. The van der Waals surface area contributed by atoms with Gasteiger partial charge in [0.15, 0.2) is 0 Å². The molecule has 3 rings (SSSR count). The highest BCUT2D eigenvalue weighted by Gasteiger charge is 2.19. The average Bonchev–Trinajstić information content (AvgIpc) is 2.99. The molecule has 1 amide bonds. The summed E-state index contributed by atoms with van der Waals surface area (Å²) in [6.07, 6.45) is 3.01. The van der Waals surface area contributed by atoms with Gasteiger partial charge >= 0.3 is 0 Å². The summed E-state index contributed by atoms with van der Waals surface area (Å²) in [5.74, 6) is 1.19. The molecule has 1 N–H and O–H groups in total. The van der Waals surface area contributed by atoms with Crippen LogP contribution in [0.2, 0.25) is 5.02 Å². The molecule has 0 bridgehead atoms. The molecule has 0 radical (unpaired) electrons. The van der Waals surface area contributed by atoms with Gasteiger partial charge in [0.25, 0.3) is 5.91 Å². The van der Waals surface area contributed by atoms with E-state index >= 15 is 0 Å². The molecule has 0 aliphatic carbocycles. The number of carbonyl (C=O) groups is 1. The van der Waals surface area contributed by atoms with Crippen molar-refractivity contribution in [3.8, 4) is 0 Å². The Bertz CT molecular complexity index is 698. The smallest absolute Gasteiger partial charge is 0.255 e.